The molecule has 94 valence electrons. The average molecular weight is 285 g/mol. The molecule has 0 N–H and O–H groups in total. The fourth-order valence-electron chi connectivity index (χ4n) is 1.55. The minimum Gasteiger partial charge on any atom is -0.446 e. The van der Waals surface area contributed by atoms with E-state index in [1.54, 1.807) is 17.7 Å². The van der Waals surface area contributed by atoms with Crippen molar-refractivity contribution in [3.05, 3.63) is 0 Å². The Labute approximate surface area is 107 Å². The molecule has 0 aromatic heterocycles. The summed E-state index contributed by atoms with van der Waals surface area (Å²) in [5, 5.41) is 0.517. The van der Waals surface area contributed by atoms with Crippen LogP contribution >= 0.6 is 22.4 Å². The number of rotatable bonds is 6. The Hall–Kier alpha value is 0.260. The van der Waals surface area contributed by atoms with Gasteiger partial charge in [0.1, 0.15) is 0 Å². The second kappa shape index (κ2) is 7.56. The van der Waals surface area contributed by atoms with Gasteiger partial charge in [-0.15, -0.1) is 0 Å². The minimum atomic E-state index is -0.667. The summed E-state index contributed by atoms with van der Waals surface area (Å²) in [4.78, 5) is 11.1. The van der Waals surface area contributed by atoms with Gasteiger partial charge in [0.2, 0.25) is 0 Å². The number of esters is 1. The van der Waals surface area contributed by atoms with Crippen molar-refractivity contribution in [3.63, 3.8) is 0 Å². The van der Waals surface area contributed by atoms with E-state index in [1.165, 1.54) is 0 Å². The normalized spacial score (nSPS) is 26.6. The lowest BCUT2D eigenvalue weighted by atomic mass is 10.1. The van der Waals surface area contributed by atoms with Gasteiger partial charge in [0.05, 0.1) is 9.83 Å². The molecule has 0 aliphatic carbocycles. The first-order valence-corrected chi connectivity index (χ1v) is 8.62. The first-order chi connectivity index (χ1) is 7.58. The molecule has 1 saturated heterocycles. The molecule has 16 heavy (non-hydrogen) atoms. The van der Waals surface area contributed by atoms with Gasteiger partial charge in [-0.25, -0.2) is 4.21 Å². The number of carbonyl (C=O) groups excluding carboxylic acids is 1. The van der Waals surface area contributed by atoms with Gasteiger partial charge in [-0.3, -0.25) is 4.79 Å². The highest BCUT2D eigenvalue weighted by Gasteiger charge is 2.21. The summed E-state index contributed by atoms with van der Waals surface area (Å²) in [7, 11) is 0.903. The van der Waals surface area contributed by atoms with Gasteiger partial charge in [0.25, 0.3) is 0 Å². The van der Waals surface area contributed by atoms with Crippen molar-refractivity contribution in [3.8, 4) is 0 Å². The van der Waals surface area contributed by atoms with Gasteiger partial charge >= 0.3 is 5.97 Å². The van der Waals surface area contributed by atoms with Gasteiger partial charge in [0.15, 0.2) is 5.56 Å². The molecule has 1 aliphatic rings. The lowest BCUT2D eigenvalue weighted by molar-refractivity contribution is -0.144. The zero-order chi connectivity index (χ0) is 12.0. The van der Waals surface area contributed by atoms with E-state index in [4.69, 9.17) is 16.3 Å². The number of hydrogen-bond donors (Lipinski definition) is 0. The highest BCUT2D eigenvalue weighted by molar-refractivity contribution is 8.69. The van der Waals surface area contributed by atoms with Gasteiger partial charge in [-0.05, 0) is 26.2 Å². The molecule has 3 atom stereocenters. The molecule has 0 amide bonds. The summed E-state index contributed by atoms with van der Waals surface area (Å²) in [5.41, 5.74) is -0.541. The predicted octanol–water partition coefficient (Wildman–Crippen LogP) is 2.84. The summed E-state index contributed by atoms with van der Waals surface area (Å²) in [6, 6.07) is 0. The summed E-state index contributed by atoms with van der Waals surface area (Å²) in [5.74, 6) is 0.589. The van der Waals surface area contributed by atoms with E-state index in [0.717, 1.165) is 31.4 Å². The van der Waals surface area contributed by atoms with Crippen LogP contribution < -0.4 is 0 Å². The molecule has 0 radical (unpaired) electrons. The second-order valence-corrected chi connectivity index (χ2v) is 7.98. The van der Waals surface area contributed by atoms with Crippen LogP contribution in [0.15, 0.2) is 0 Å². The fourth-order valence-corrected chi connectivity index (χ4v) is 5.22. The van der Waals surface area contributed by atoms with Crippen LogP contribution in [0.5, 0.6) is 0 Å². The number of unbranched alkanes of at least 4 members (excludes halogenated alkanes) is 1. The summed E-state index contributed by atoms with van der Waals surface area (Å²) in [6.45, 7) is 1.63. The molecule has 1 fully saturated rings. The van der Waals surface area contributed by atoms with E-state index in [9.17, 15) is 9.00 Å². The number of carbonyl (C=O) groups is 1. The van der Waals surface area contributed by atoms with Crippen LogP contribution in [-0.2, 0) is 19.4 Å². The first-order valence-electron chi connectivity index (χ1n) is 5.47. The SMILES string of the molecule is CC(Cl)OC(=O)CCCC[C@@H]1CCS(=O)S1. The average Bonchev–Trinajstić information content (AvgIpc) is 2.58. The molecule has 0 aromatic carbocycles. The monoisotopic (exact) mass is 284 g/mol. The van der Waals surface area contributed by atoms with E-state index >= 15 is 0 Å². The summed E-state index contributed by atoms with van der Waals surface area (Å²) < 4.78 is 15.9. The molecular weight excluding hydrogens is 268 g/mol. The van der Waals surface area contributed by atoms with E-state index < -0.39 is 15.4 Å². The smallest absolute Gasteiger partial charge is 0.307 e. The van der Waals surface area contributed by atoms with Crippen molar-refractivity contribution in [2.24, 2.45) is 0 Å². The van der Waals surface area contributed by atoms with Gasteiger partial charge in [-0.1, -0.05) is 28.8 Å². The van der Waals surface area contributed by atoms with Gasteiger partial charge in [-0.2, -0.15) is 0 Å². The number of alkyl halides is 1. The van der Waals surface area contributed by atoms with Gasteiger partial charge in [0, 0.05) is 17.4 Å². The van der Waals surface area contributed by atoms with Crippen LogP contribution in [0, 0.1) is 0 Å². The van der Waals surface area contributed by atoms with E-state index in [2.05, 4.69) is 0 Å². The van der Waals surface area contributed by atoms with Crippen molar-refractivity contribution in [1.82, 2.24) is 0 Å². The Morgan fingerprint density at radius 2 is 2.38 bits per heavy atom. The zero-order valence-corrected chi connectivity index (χ0v) is 11.7. The fraction of sp³-hybridized carbons (Fsp3) is 0.900. The third-order valence-electron chi connectivity index (χ3n) is 2.30. The standard InChI is InChI=1S/C10H17ClO3S2/c1-8(11)14-10(12)5-3-2-4-9-6-7-16(13)15-9/h8-9H,2-7H2,1H3/t8?,9-,16?/m1/s1. The lowest BCUT2D eigenvalue weighted by Crippen LogP contribution is -2.09. The molecule has 0 bridgehead atoms. The number of halogens is 1. The van der Waals surface area contributed by atoms with Crippen LogP contribution in [0.4, 0.5) is 0 Å². The van der Waals surface area contributed by atoms with Crippen LogP contribution in [0.25, 0.3) is 0 Å². The van der Waals surface area contributed by atoms with Crippen molar-refractivity contribution in [2.75, 3.05) is 5.75 Å². The molecule has 1 heterocycles. The maximum atomic E-state index is 11.1. The number of ether oxygens (including phenoxy) is 1. The van der Waals surface area contributed by atoms with Crippen molar-refractivity contribution >= 4 is 38.2 Å². The highest BCUT2D eigenvalue weighted by Crippen LogP contribution is 2.31. The van der Waals surface area contributed by atoms with Crippen LogP contribution in [0.2, 0.25) is 0 Å². The minimum absolute atomic E-state index is 0.231. The Bertz CT molecular complexity index is 258. The second-order valence-electron chi connectivity index (χ2n) is 3.79. The molecule has 6 heteroatoms. The third kappa shape index (κ3) is 6.11. The Balaban J connectivity index is 1.99. The molecule has 3 nitrogen and oxygen atoms in total. The highest BCUT2D eigenvalue weighted by atomic mass is 35.5. The molecule has 1 rings (SSSR count). The van der Waals surface area contributed by atoms with Crippen molar-refractivity contribution in [2.45, 2.75) is 49.8 Å². The van der Waals surface area contributed by atoms with Crippen LogP contribution in [0.1, 0.15) is 39.0 Å². The quantitative estimate of drug-likeness (QED) is 0.326. The largest absolute Gasteiger partial charge is 0.446 e. The third-order valence-corrected chi connectivity index (χ3v) is 5.88. The maximum Gasteiger partial charge on any atom is 0.307 e. The Morgan fingerprint density at radius 1 is 1.62 bits per heavy atom. The molecule has 0 aromatic rings. The number of hydrogen-bond acceptors (Lipinski definition) is 4. The molecular formula is C10H17ClO3S2. The van der Waals surface area contributed by atoms with Crippen molar-refractivity contribution in [1.29, 1.82) is 0 Å². The van der Waals surface area contributed by atoms with Gasteiger partial charge < -0.3 is 4.74 Å². The van der Waals surface area contributed by atoms with E-state index in [1.807, 2.05) is 0 Å². The van der Waals surface area contributed by atoms with E-state index in [-0.39, 0.29) is 5.97 Å². The van der Waals surface area contributed by atoms with Crippen LogP contribution in [-0.4, -0.2) is 26.7 Å². The molecule has 2 unspecified atom stereocenters. The molecule has 1 aliphatic heterocycles. The Kier molecular flexibility index (Phi) is 6.77. The van der Waals surface area contributed by atoms with Crippen molar-refractivity contribution < 1.29 is 13.7 Å². The van der Waals surface area contributed by atoms with E-state index in [0.29, 0.717) is 11.7 Å². The molecule has 0 saturated carbocycles. The zero-order valence-electron chi connectivity index (χ0n) is 9.32. The summed E-state index contributed by atoms with van der Waals surface area (Å²) >= 11 is 5.52. The first kappa shape index (κ1) is 14.3. The Morgan fingerprint density at radius 3 is 2.94 bits per heavy atom. The maximum absolute atomic E-state index is 11.1. The predicted molar refractivity (Wildman–Crippen MR) is 68.9 cm³/mol. The molecule has 0 spiro atoms. The topological polar surface area (TPSA) is 43.4 Å². The summed E-state index contributed by atoms with van der Waals surface area (Å²) in [6.07, 6.45) is 4.32. The van der Waals surface area contributed by atoms with Crippen LogP contribution in [0.3, 0.4) is 0 Å². The lowest BCUT2D eigenvalue weighted by Gasteiger charge is -2.07.